The third kappa shape index (κ3) is 6.56. The number of aryl methyl sites for hydroxylation is 1. The van der Waals surface area contributed by atoms with Gasteiger partial charge in [0.1, 0.15) is 0 Å². The van der Waals surface area contributed by atoms with Crippen molar-refractivity contribution < 1.29 is 9.53 Å². The molecule has 0 atom stereocenters. The summed E-state index contributed by atoms with van der Waals surface area (Å²) in [5, 5.41) is 0. The Morgan fingerprint density at radius 3 is 2.57 bits per heavy atom. The molecule has 4 heteroatoms. The first-order valence-corrected chi connectivity index (χ1v) is 9.76. The van der Waals surface area contributed by atoms with Crippen molar-refractivity contribution in [2.45, 2.75) is 44.4 Å². The summed E-state index contributed by atoms with van der Waals surface area (Å²) >= 11 is 1.95. The number of unbranched alkanes of at least 4 members (excludes halogenated alkanes) is 1. The number of benzene rings is 1. The van der Waals surface area contributed by atoms with Crippen LogP contribution in [0, 0.1) is 12.8 Å². The first-order chi connectivity index (χ1) is 11.2. The number of carbonyl (C=O) groups excluding carboxylic acids is 1. The summed E-state index contributed by atoms with van der Waals surface area (Å²) < 4.78 is 5.12. The molecular formula is C19H29NO2S. The van der Waals surface area contributed by atoms with Crippen LogP contribution >= 0.6 is 11.8 Å². The van der Waals surface area contributed by atoms with Gasteiger partial charge in [-0.2, -0.15) is 0 Å². The molecule has 23 heavy (non-hydrogen) atoms. The van der Waals surface area contributed by atoms with Crippen LogP contribution in [0.5, 0.6) is 0 Å². The predicted octanol–water partition coefficient (Wildman–Crippen LogP) is 4.14. The Morgan fingerprint density at radius 1 is 1.22 bits per heavy atom. The lowest BCUT2D eigenvalue weighted by atomic mass is 9.97. The van der Waals surface area contributed by atoms with E-state index in [1.807, 2.05) is 18.7 Å². The number of piperidine rings is 1. The highest BCUT2D eigenvalue weighted by Gasteiger charge is 2.25. The number of ether oxygens (including phenoxy) is 1. The van der Waals surface area contributed by atoms with Gasteiger partial charge in [-0.3, -0.25) is 4.79 Å². The molecule has 0 spiro atoms. The number of nitrogens with zero attached hydrogens (tertiary/aromatic N) is 1. The molecule has 1 aliphatic rings. The second-order valence-electron chi connectivity index (χ2n) is 6.24. The summed E-state index contributed by atoms with van der Waals surface area (Å²) in [6, 6.07) is 8.77. The number of hydrogen-bond donors (Lipinski definition) is 0. The zero-order valence-corrected chi connectivity index (χ0v) is 15.2. The van der Waals surface area contributed by atoms with Crippen LogP contribution in [-0.4, -0.2) is 42.9 Å². The molecule has 3 nitrogen and oxygen atoms in total. The van der Waals surface area contributed by atoms with Gasteiger partial charge in [0.05, 0.1) is 12.5 Å². The summed E-state index contributed by atoms with van der Waals surface area (Å²) in [7, 11) is 0. The molecule has 2 rings (SSSR count). The van der Waals surface area contributed by atoms with E-state index >= 15 is 0 Å². The molecule has 1 aliphatic heterocycles. The van der Waals surface area contributed by atoms with Crippen LogP contribution in [0.15, 0.2) is 29.2 Å². The average Bonchev–Trinajstić information content (AvgIpc) is 2.57. The summed E-state index contributed by atoms with van der Waals surface area (Å²) in [6.45, 7) is 7.73. The molecule has 0 unspecified atom stereocenters. The Labute approximate surface area is 144 Å². The normalized spacial score (nSPS) is 16.4. The maximum atomic E-state index is 11.7. The summed E-state index contributed by atoms with van der Waals surface area (Å²) in [5.74, 6) is 1.31. The molecule has 0 bridgehead atoms. The van der Waals surface area contributed by atoms with E-state index in [4.69, 9.17) is 4.74 Å². The molecule has 0 aromatic heterocycles. The molecule has 0 aliphatic carbocycles. The fraction of sp³-hybridized carbons (Fsp3) is 0.632. The van der Waals surface area contributed by atoms with Crippen molar-refractivity contribution in [3.63, 3.8) is 0 Å². The van der Waals surface area contributed by atoms with Crippen LogP contribution in [0.4, 0.5) is 0 Å². The largest absolute Gasteiger partial charge is 0.466 e. The minimum absolute atomic E-state index is 0.00153. The van der Waals surface area contributed by atoms with Crippen molar-refractivity contribution in [2.24, 2.45) is 5.92 Å². The Hall–Kier alpha value is -1.00. The monoisotopic (exact) mass is 335 g/mol. The van der Waals surface area contributed by atoms with E-state index in [2.05, 4.69) is 36.1 Å². The summed E-state index contributed by atoms with van der Waals surface area (Å²) in [5.41, 5.74) is 1.32. The van der Waals surface area contributed by atoms with Gasteiger partial charge in [-0.25, -0.2) is 0 Å². The van der Waals surface area contributed by atoms with Crippen LogP contribution < -0.4 is 0 Å². The molecule has 0 radical (unpaired) electrons. The second kappa shape index (κ2) is 9.99. The maximum Gasteiger partial charge on any atom is 0.309 e. The molecule has 1 aromatic carbocycles. The number of rotatable bonds is 8. The summed E-state index contributed by atoms with van der Waals surface area (Å²) in [6.07, 6.45) is 4.40. The van der Waals surface area contributed by atoms with Crippen LogP contribution in [0.2, 0.25) is 0 Å². The van der Waals surface area contributed by atoms with Gasteiger partial charge < -0.3 is 9.64 Å². The number of likely N-dealkylation sites (tertiary alicyclic amines) is 1. The van der Waals surface area contributed by atoms with Crippen molar-refractivity contribution in [2.75, 3.05) is 32.0 Å². The van der Waals surface area contributed by atoms with Gasteiger partial charge in [0, 0.05) is 4.90 Å². The highest BCUT2D eigenvalue weighted by atomic mass is 32.2. The van der Waals surface area contributed by atoms with Gasteiger partial charge in [0.15, 0.2) is 0 Å². The highest BCUT2D eigenvalue weighted by molar-refractivity contribution is 7.99. The topological polar surface area (TPSA) is 29.5 Å². The van der Waals surface area contributed by atoms with E-state index in [1.165, 1.54) is 29.1 Å². The van der Waals surface area contributed by atoms with Crippen molar-refractivity contribution >= 4 is 17.7 Å². The zero-order chi connectivity index (χ0) is 16.5. The van der Waals surface area contributed by atoms with E-state index < -0.39 is 0 Å². The molecule has 0 amide bonds. The van der Waals surface area contributed by atoms with Crippen molar-refractivity contribution in [3.05, 3.63) is 29.8 Å². The lowest BCUT2D eigenvalue weighted by molar-refractivity contribution is -0.149. The lowest BCUT2D eigenvalue weighted by Crippen LogP contribution is -2.37. The van der Waals surface area contributed by atoms with Crippen LogP contribution in [0.25, 0.3) is 0 Å². The van der Waals surface area contributed by atoms with Gasteiger partial charge in [0.2, 0.25) is 0 Å². The SMILES string of the molecule is CCOC(=O)C1CCN(CCCCSc2ccc(C)cc2)CC1. The van der Waals surface area contributed by atoms with Crippen LogP contribution in [0.1, 0.15) is 38.2 Å². The van der Waals surface area contributed by atoms with Gasteiger partial charge in [0.25, 0.3) is 0 Å². The minimum atomic E-state index is 0.00153. The zero-order valence-electron chi connectivity index (χ0n) is 14.4. The fourth-order valence-electron chi connectivity index (χ4n) is 2.91. The highest BCUT2D eigenvalue weighted by Crippen LogP contribution is 2.21. The fourth-order valence-corrected chi connectivity index (χ4v) is 3.83. The molecule has 1 heterocycles. The Kier molecular flexibility index (Phi) is 7.96. The van der Waals surface area contributed by atoms with Gasteiger partial charge in [-0.05, 0) is 77.1 Å². The molecule has 0 N–H and O–H groups in total. The van der Waals surface area contributed by atoms with E-state index in [0.717, 1.165) is 32.5 Å². The Balaban J connectivity index is 1.54. The third-order valence-corrected chi connectivity index (χ3v) is 5.46. The number of carbonyl (C=O) groups is 1. The van der Waals surface area contributed by atoms with Gasteiger partial charge in [-0.15, -0.1) is 11.8 Å². The minimum Gasteiger partial charge on any atom is -0.466 e. The maximum absolute atomic E-state index is 11.7. The first-order valence-electron chi connectivity index (χ1n) is 8.77. The van der Waals surface area contributed by atoms with Gasteiger partial charge >= 0.3 is 5.97 Å². The number of hydrogen-bond acceptors (Lipinski definition) is 4. The second-order valence-corrected chi connectivity index (χ2v) is 7.40. The number of esters is 1. The van der Waals surface area contributed by atoms with Crippen LogP contribution in [-0.2, 0) is 9.53 Å². The first kappa shape index (κ1) is 18.3. The third-order valence-electron chi connectivity index (χ3n) is 4.37. The Bertz CT molecular complexity index is 467. The molecule has 1 fully saturated rings. The van der Waals surface area contributed by atoms with E-state index in [1.54, 1.807) is 0 Å². The Morgan fingerprint density at radius 2 is 1.91 bits per heavy atom. The molecule has 0 saturated carbocycles. The van der Waals surface area contributed by atoms with E-state index in [-0.39, 0.29) is 11.9 Å². The van der Waals surface area contributed by atoms with Gasteiger partial charge in [-0.1, -0.05) is 17.7 Å². The molecule has 1 saturated heterocycles. The standard InChI is InChI=1S/C19H29NO2S/c1-3-22-19(21)17-10-13-20(14-11-17)12-4-5-15-23-18-8-6-16(2)7-9-18/h6-9,17H,3-5,10-15H2,1-2H3. The van der Waals surface area contributed by atoms with Crippen molar-refractivity contribution in [1.82, 2.24) is 4.90 Å². The predicted molar refractivity (Wildman–Crippen MR) is 96.9 cm³/mol. The smallest absolute Gasteiger partial charge is 0.309 e. The van der Waals surface area contributed by atoms with E-state index in [9.17, 15) is 4.79 Å². The van der Waals surface area contributed by atoms with Crippen LogP contribution in [0.3, 0.4) is 0 Å². The summed E-state index contributed by atoms with van der Waals surface area (Å²) in [4.78, 5) is 15.6. The van der Waals surface area contributed by atoms with E-state index in [0.29, 0.717) is 6.61 Å². The lowest BCUT2D eigenvalue weighted by Gasteiger charge is -2.30. The average molecular weight is 336 g/mol. The molecule has 1 aromatic rings. The molecular weight excluding hydrogens is 306 g/mol. The molecule has 128 valence electrons. The van der Waals surface area contributed by atoms with Crippen molar-refractivity contribution in [3.8, 4) is 0 Å². The quantitative estimate of drug-likeness (QED) is 0.406. The van der Waals surface area contributed by atoms with Crippen molar-refractivity contribution in [1.29, 1.82) is 0 Å². The number of thioether (sulfide) groups is 1.